The molecule has 0 saturated heterocycles. The maximum Gasteiger partial charge on any atom is 0.313 e. The van der Waals surface area contributed by atoms with Gasteiger partial charge in [-0.25, -0.2) is 4.98 Å². The van der Waals surface area contributed by atoms with E-state index in [1.165, 1.54) is 4.88 Å². The Morgan fingerprint density at radius 1 is 1.35 bits per heavy atom. The first-order chi connectivity index (χ1) is 8.31. The molecular weight excluding hydrogens is 238 g/mol. The molecule has 6 nitrogen and oxygen atoms in total. The lowest BCUT2D eigenvalue weighted by Crippen LogP contribution is -1.92. The predicted octanol–water partition coefficient (Wildman–Crippen LogP) is 1.63. The molecule has 7 heteroatoms. The highest BCUT2D eigenvalue weighted by Gasteiger charge is 2.09. The molecule has 0 amide bonds. The van der Waals surface area contributed by atoms with Crippen LogP contribution in [0.1, 0.15) is 4.88 Å². The third-order valence-electron chi connectivity index (χ3n) is 2.21. The Hall–Kier alpha value is -2.15. The van der Waals surface area contributed by atoms with Crippen molar-refractivity contribution in [3.05, 3.63) is 35.7 Å². The Morgan fingerprint density at radius 3 is 3.00 bits per heavy atom. The summed E-state index contributed by atoms with van der Waals surface area (Å²) < 4.78 is 7.16. The summed E-state index contributed by atoms with van der Waals surface area (Å²) in [5.74, 6) is 0.462. The molecule has 3 aromatic rings. The number of hydrogen-bond acceptors (Lipinski definition) is 6. The first-order valence-corrected chi connectivity index (χ1v) is 5.77. The summed E-state index contributed by atoms with van der Waals surface area (Å²) in [5, 5.41) is 7.48. The van der Waals surface area contributed by atoms with Crippen LogP contribution in [0.3, 0.4) is 0 Å². The molecule has 3 heterocycles. The van der Waals surface area contributed by atoms with Crippen LogP contribution in [0, 0.1) is 0 Å². The van der Waals surface area contributed by atoms with Crippen LogP contribution >= 0.6 is 11.3 Å². The SMILES string of the molecule is Nc1nnc(-c2ccc(Cn3ccnc3)s2)o1. The Balaban J connectivity index is 1.83. The maximum absolute atomic E-state index is 5.38. The highest BCUT2D eigenvalue weighted by molar-refractivity contribution is 7.15. The topological polar surface area (TPSA) is 82.8 Å². The van der Waals surface area contributed by atoms with Gasteiger partial charge in [-0.1, -0.05) is 5.10 Å². The fraction of sp³-hybridized carbons (Fsp3) is 0.100. The van der Waals surface area contributed by atoms with Crippen molar-refractivity contribution in [1.82, 2.24) is 19.7 Å². The van der Waals surface area contributed by atoms with Gasteiger partial charge in [-0.2, -0.15) is 0 Å². The van der Waals surface area contributed by atoms with Gasteiger partial charge in [-0.15, -0.1) is 16.4 Å². The lowest BCUT2D eigenvalue weighted by Gasteiger charge is -1.96. The molecule has 3 rings (SSSR count). The second kappa shape index (κ2) is 4.02. The zero-order valence-electron chi connectivity index (χ0n) is 8.78. The van der Waals surface area contributed by atoms with Crippen LogP contribution in [-0.2, 0) is 6.54 Å². The first kappa shape index (κ1) is 10.0. The number of anilines is 1. The van der Waals surface area contributed by atoms with Crippen LogP contribution in [0.25, 0.3) is 10.8 Å². The predicted molar refractivity (Wildman–Crippen MR) is 63.4 cm³/mol. The highest BCUT2D eigenvalue weighted by atomic mass is 32.1. The Labute approximate surface area is 101 Å². The highest BCUT2D eigenvalue weighted by Crippen LogP contribution is 2.27. The minimum atomic E-state index is 0.0876. The van der Waals surface area contributed by atoms with Gasteiger partial charge in [0, 0.05) is 17.3 Å². The Kier molecular flexibility index (Phi) is 2.37. The fourth-order valence-corrected chi connectivity index (χ4v) is 2.41. The zero-order valence-corrected chi connectivity index (χ0v) is 9.59. The van der Waals surface area contributed by atoms with Gasteiger partial charge in [0.1, 0.15) is 0 Å². The molecule has 0 aromatic carbocycles. The number of aromatic nitrogens is 4. The zero-order chi connectivity index (χ0) is 11.7. The smallest absolute Gasteiger partial charge is 0.313 e. The van der Waals surface area contributed by atoms with Crippen molar-refractivity contribution in [3.8, 4) is 10.8 Å². The van der Waals surface area contributed by atoms with E-state index in [0.717, 1.165) is 11.4 Å². The van der Waals surface area contributed by atoms with E-state index in [1.807, 2.05) is 22.9 Å². The quantitative estimate of drug-likeness (QED) is 0.760. The third-order valence-corrected chi connectivity index (χ3v) is 3.27. The number of rotatable bonds is 3. The molecular formula is C10H9N5OS. The molecule has 0 aliphatic carbocycles. The molecule has 2 N–H and O–H groups in total. The fourth-order valence-electron chi connectivity index (χ4n) is 1.47. The van der Waals surface area contributed by atoms with Gasteiger partial charge in [0.25, 0.3) is 5.89 Å². The molecule has 0 saturated carbocycles. The maximum atomic E-state index is 5.38. The normalized spacial score (nSPS) is 10.8. The molecule has 0 spiro atoms. The molecule has 0 aliphatic rings. The summed E-state index contributed by atoms with van der Waals surface area (Å²) >= 11 is 1.60. The summed E-state index contributed by atoms with van der Waals surface area (Å²) in [6.07, 6.45) is 5.46. The van der Waals surface area contributed by atoms with Crippen LogP contribution in [0.2, 0.25) is 0 Å². The molecule has 86 valence electrons. The molecule has 17 heavy (non-hydrogen) atoms. The van der Waals surface area contributed by atoms with E-state index in [4.69, 9.17) is 10.2 Å². The molecule has 0 atom stereocenters. The molecule has 0 aliphatic heterocycles. The van der Waals surface area contributed by atoms with E-state index in [2.05, 4.69) is 15.2 Å². The number of nitrogens with two attached hydrogens (primary N) is 1. The summed E-state index contributed by atoms with van der Waals surface area (Å²) in [6.45, 7) is 0.786. The second-order valence-electron chi connectivity index (χ2n) is 3.45. The van der Waals surface area contributed by atoms with Crippen molar-refractivity contribution < 1.29 is 4.42 Å². The molecule has 0 unspecified atom stereocenters. The summed E-state index contributed by atoms with van der Waals surface area (Å²) in [4.78, 5) is 6.11. The molecule has 0 radical (unpaired) electrons. The minimum Gasteiger partial charge on any atom is -0.403 e. The van der Waals surface area contributed by atoms with Gasteiger partial charge in [-0.05, 0) is 12.1 Å². The summed E-state index contributed by atoms with van der Waals surface area (Å²) in [6, 6.07) is 4.06. The second-order valence-corrected chi connectivity index (χ2v) is 4.61. The van der Waals surface area contributed by atoms with Crippen molar-refractivity contribution in [1.29, 1.82) is 0 Å². The van der Waals surface area contributed by atoms with Gasteiger partial charge in [0.2, 0.25) is 0 Å². The van der Waals surface area contributed by atoms with E-state index in [-0.39, 0.29) is 6.01 Å². The number of imidazole rings is 1. The van der Waals surface area contributed by atoms with Crippen LogP contribution in [0.5, 0.6) is 0 Å². The molecule has 0 bridgehead atoms. The van der Waals surface area contributed by atoms with E-state index >= 15 is 0 Å². The van der Waals surface area contributed by atoms with Gasteiger partial charge in [-0.3, -0.25) is 0 Å². The van der Waals surface area contributed by atoms with Gasteiger partial charge < -0.3 is 14.7 Å². The lowest BCUT2D eigenvalue weighted by atomic mass is 10.4. The van der Waals surface area contributed by atoms with Crippen molar-refractivity contribution in [3.63, 3.8) is 0 Å². The molecule has 0 fully saturated rings. The first-order valence-electron chi connectivity index (χ1n) is 4.95. The van der Waals surface area contributed by atoms with E-state index in [1.54, 1.807) is 23.9 Å². The number of thiophene rings is 1. The van der Waals surface area contributed by atoms with Gasteiger partial charge in [0.05, 0.1) is 17.7 Å². The van der Waals surface area contributed by atoms with E-state index in [0.29, 0.717) is 5.89 Å². The van der Waals surface area contributed by atoms with Gasteiger partial charge >= 0.3 is 6.01 Å². The average Bonchev–Trinajstić information content (AvgIpc) is 2.99. The summed E-state index contributed by atoms with van der Waals surface area (Å²) in [7, 11) is 0. The monoisotopic (exact) mass is 247 g/mol. The van der Waals surface area contributed by atoms with Crippen molar-refractivity contribution in [2.75, 3.05) is 5.73 Å². The van der Waals surface area contributed by atoms with Crippen molar-refractivity contribution >= 4 is 17.4 Å². The Morgan fingerprint density at radius 2 is 2.29 bits per heavy atom. The van der Waals surface area contributed by atoms with Gasteiger partial charge in [0.15, 0.2) is 0 Å². The summed E-state index contributed by atoms with van der Waals surface area (Å²) in [5.41, 5.74) is 5.38. The van der Waals surface area contributed by atoms with Crippen molar-refractivity contribution in [2.45, 2.75) is 6.54 Å². The minimum absolute atomic E-state index is 0.0876. The van der Waals surface area contributed by atoms with Crippen LogP contribution in [0.4, 0.5) is 6.01 Å². The largest absolute Gasteiger partial charge is 0.403 e. The number of nitrogen functional groups attached to an aromatic ring is 1. The van der Waals surface area contributed by atoms with E-state index in [9.17, 15) is 0 Å². The molecule has 3 aromatic heterocycles. The van der Waals surface area contributed by atoms with Crippen LogP contribution < -0.4 is 5.73 Å². The van der Waals surface area contributed by atoms with Crippen LogP contribution in [0.15, 0.2) is 35.3 Å². The van der Waals surface area contributed by atoms with Crippen molar-refractivity contribution in [2.24, 2.45) is 0 Å². The number of nitrogens with zero attached hydrogens (tertiary/aromatic N) is 4. The van der Waals surface area contributed by atoms with Crippen LogP contribution in [-0.4, -0.2) is 19.7 Å². The Bertz CT molecular complexity index is 612. The number of hydrogen-bond donors (Lipinski definition) is 1. The average molecular weight is 247 g/mol. The standard InChI is InChI=1S/C10H9N5OS/c11-10-14-13-9(16-10)8-2-1-7(17-8)5-15-4-3-12-6-15/h1-4,6H,5H2,(H2,11,14). The lowest BCUT2D eigenvalue weighted by molar-refractivity contribution is 0.592. The third kappa shape index (κ3) is 2.04. The van der Waals surface area contributed by atoms with E-state index < -0.39 is 0 Å².